The van der Waals surface area contributed by atoms with Crippen LogP contribution in [0.5, 0.6) is 0 Å². The van der Waals surface area contributed by atoms with Gasteiger partial charge in [-0.15, -0.1) is 0 Å². The van der Waals surface area contributed by atoms with E-state index < -0.39 is 0 Å². The summed E-state index contributed by atoms with van der Waals surface area (Å²) in [6.07, 6.45) is 1.08. The number of anilines is 1. The van der Waals surface area contributed by atoms with Crippen LogP contribution in [0.25, 0.3) is 11.1 Å². The molecule has 0 saturated heterocycles. The molecule has 2 aromatic rings. The van der Waals surface area contributed by atoms with Crippen molar-refractivity contribution in [2.75, 3.05) is 19.0 Å². The molecule has 4 heteroatoms. The third kappa shape index (κ3) is 3.48. The lowest BCUT2D eigenvalue weighted by molar-refractivity contribution is 0.1000. The number of amides is 1. The van der Waals surface area contributed by atoms with E-state index in [1.165, 1.54) is 0 Å². The average Bonchev–Trinajstić information content (AvgIpc) is 2.76. The second-order valence-corrected chi connectivity index (χ2v) is 7.06. The standard InChI is InChI=1S/C20H29N3O/c1-13(2)11-12-23-14(3)18(19(15(23)4)20(21)24)16-7-9-17(10-8-16)22(5)6/h7-10,13H,11-12H2,1-6H3,(H2,21,24). The van der Waals surface area contributed by atoms with Crippen LogP contribution < -0.4 is 10.6 Å². The van der Waals surface area contributed by atoms with Crippen molar-refractivity contribution in [1.82, 2.24) is 4.57 Å². The van der Waals surface area contributed by atoms with Crippen molar-refractivity contribution < 1.29 is 4.79 Å². The van der Waals surface area contributed by atoms with E-state index in [0.29, 0.717) is 11.5 Å². The third-order valence-corrected chi connectivity index (χ3v) is 4.63. The van der Waals surface area contributed by atoms with E-state index in [2.05, 4.69) is 54.5 Å². The Morgan fingerprint density at radius 1 is 1.12 bits per heavy atom. The Kier molecular flexibility index (Phi) is 5.37. The van der Waals surface area contributed by atoms with Gasteiger partial charge in [-0.25, -0.2) is 0 Å². The molecule has 0 atom stereocenters. The van der Waals surface area contributed by atoms with Crippen molar-refractivity contribution in [2.45, 2.75) is 40.7 Å². The molecule has 1 aromatic heterocycles. The molecule has 4 nitrogen and oxygen atoms in total. The number of hydrogen-bond acceptors (Lipinski definition) is 2. The lowest BCUT2D eigenvalue weighted by Crippen LogP contribution is -2.14. The molecule has 24 heavy (non-hydrogen) atoms. The SMILES string of the molecule is Cc1c(C(N)=O)c(-c2ccc(N(C)C)cc2)c(C)n1CCC(C)C. The van der Waals surface area contributed by atoms with Gasteiger partial charge >= 0.3 is 0 Å². The van der Waals surface area contributed by atoms with Gasteiger partial charge < -0.3 is 15.2 Å². The summed E-state index contributed by atoms with van der Waals surface area (Å²) in [5, 5.41) is 0. The monoisotopic (exact) mass is 327 g/mol. The highest BCUT2D eigenvalue weighted by molar-refractivity contribution is 6.02. The van der Waals surface area contributed by atoms with E-state index in [0.717, 1.165) is 41.2 Å². The summed E-state index contributed by atoms with van der Waals surface area (Å²) in [7, 11) is 4.03. The van der Waals surface area contributed by atoms with Crippen molar-refractivity contribution >= 4 is 11.6 Å². The van der Waals surface area contributed by atoms with Gasteiger partial charge in [0.15, 0.2) is 0 Å². The lowest BCUT2D eigenvalue weighted by Gasteiger charge is -2.13. The molecule has 0 saturated carbocycles. The number of carbonyl (C=O) groups is 1. The molecule has 0 spiro atoms. The maximum Gasteiger partial charge on any atom is 0.251 e. The van der Waals surface area contributed by atoms with Gasteiger partial charge in [-0.1, -0.05) is 26.0 Å². The molecule has 0 bridgehead atoms. The molecular formula is C20H29N3O. The predicted octanol–water partition coefficient (Wildman–Crippen LogP) is 3.98. The lowest BCUT2D eigenvalue weighted by atomic mass is 10.00. The van der Waals surface area contributed by atoms with Crippen LogP contribution in [0, 0.1) is 19.8 Å². The fourth-order valence-electron chi connectivity index (χ4n) is 3.19. The van der Waals surface area contributed by atoms with Gasteiger partial charge in [-0.05, 0) is 43.9 Å². The largest absolute Gasteiger partial charge is 0.378 e. The average molecular weight is 327 g/mol. The van der Waals surface area contributed by atoms with Crippen LogP contribution in [0.3, 0.4) is 0 Å². The van der Waals surface area contributed by atoms with Gasteiger partial charge in [-0.3, -0.25) is 4.79 Å². The number of nitrogens with two attached hydrogens (primary N) is 1. The highest BCUT2D eigenvalue weighted by atomic mass is 16.1. The topological polar surface area (TPSA) is 51.3 Å². The molecule has 1 heterocycles. The maximum absolute atomic E-state index is 12.1. The molecule has 1 aromatic carbocycles. The zero-order chi connectivity index (χ0) is 18.0. The molecule has 0 aliphatic rings. The molecule has 0 unspecified atom stereocenters. The summed E-state index contributed by atoms with van der Waals surface area (Å²) in [6, 6.07) is 8.27. The molecular weight excluding hydrogens is 298 g/mol. The van der Waals surface area contributed by atoms with Crippen LogP contribution in [0.2, 0.25) is 0 Å². The van der Waals surface area contributed by atoms with Crippen molar-refractivity contribution in [3.05, 3.63) is 41.2 Å². The minimum absolute atomic E-state index is 0.356. The Hall–Kier alpha value is -2.23. The molecule has 2 N–H and O–H groups in total. The first-order valence-corrected chi connectivity index (χ1v) is 8.51. The summed E-state index contributed by atoms with van der Waals surface area (Å²) in [4.78, 5) is 14.2. The molecule has 0 fully saturated rings. The van der Waals surface area contributed by atoms with Gasteiger partial charge in [0.05, 0.1) is 5.56 Å². The zero-order valence-corrected chi connectivity index (χ0v) is 15.7. The summed E-state index contributed by atoms with van der Waals surface area (Å²) in [6.45, 7) is 9.40. The highest BCUT2D eigenvalue weighted by Gasteiger charge is 2.22. The van der Waals surface area contributed by atoms with Gasteiger partial charge in [0.2, 0.25) is 0 Å². The van der Waals surface area contributed by atoms with Gasteiger partial charge in [0.25, 0.3) is 5.91 Å². The molecule has 1 amide bonds. The number of rotatable bonds is 6. The Balaban J connectivity index is 2.55. The van der Waals surface area contributed by atoms with Crippen LogP contribution in [0.15, 0.2) is 24.3 Å². The molecule has 0 aliphatic heterocycles. The van der Waals surface area contributed by atoms with Crippen molar-refractivity contribution in [2.24, 2.45) is 11.7 Å². The summed E-state index contributed by atoms with van der Waals surface area (Å²) in [5.74, 6) is 0.261. The number of hydrogen-bond donors (Lipinski definition) is 1. The molecule has 0 aliphatic carbocycles. The second-order valence-electron chi connectivity index (χ2n) is 7.06. The van der Waals surface area contributed by atoms with Gasteiger partial charge in [-0.2, -0.15) is 0 Å². The van der Waals surface area contributed by atoms with E-state index in [9.17, 15) is 4.79 Å². The Morgan fingerprint density at radius 3 is 2.17 bits per heavy atom. The van der Waals surface area contributed by atoms with Crippen LogP contribution in [0.4, 0.5) is 5.69 Å². The number of primary amides is 1. The second kappa shape index (κ2) is 7.12. The maximum atomic E-state index is 12.1. The first-order valence-electron chi connectivity index (χ1n) is 8.51. The van der Waals surface area contributed by atoms with E-state index in [1.807, 2.05) is 21.0 Å². The minimum Gasteiger partial charge on any atom is -0.378 e. The van der Waals surface area contributed by atoms with Crippen molar-refractivity contribution in [3.63, 3.8) is 0 Å². The van der Waals surface area contributed by atoms with E-state index in [-0.39, 0.29) is 5.91 Å². The summed E-state index contributed by atoms with van der Waals surface area (Å²) < 4.78 is 2.23. The highest BCUT2D eigenvalue weighted by Crippen LogP contribution is 2.33. The predicted molar refractivity (Wildman–Crippen MR) is 102 cm³/mol. The van der Waals surface area contributed by atoms with E-state index in [4.69, 9.17) is 5.73 Å². The Labute approximate surface area is 145 Å². The number of carbonyl (C=O) groups excluding carboxylic acids is 1. The van der Waals surface area contributed by atoms with Crippen LogP contribution in [-0.4, -0.2) is 24.6 Å². The first-order chi connectivity index (χ1) is 11.2. The Bertz CT molecular complexity index is 724. The number of aromatic nitrogens is 1. The summed E-state index contributed by atoms with van der Waals surface area (Å²) >= 11 is 0. The zero-order valence-electron chi connectivity index (χ0n) is 15.7. The molecule has 0 radical (unpaired) electrons. The van der Waals surface area contributed by atoms with Crippen LogP contribution in [-0.2, 0) is 6.54 Å². The number of benzene rings is 1. The first kappa shape index (κ1) is 18.1. The third-order valence-electron chi connectivity index (χ3n) is 4.63. The fraction of sp³-hybridized carbons (Fsp3) is 0.450. The number of nitrogens with zero attached hydrogens (tertiary/aromatic N) is 2. The molecule has 130 valence electrons. The fourth-order valence-corrected chi connectivity index (χ4v) is 3.19. The van der Waals surface area contributed by atoms with Crippen LogP contribution >= 0.6 is 0 Å². The van der Waals surface area contributed by atoms with Crippen molar-refractivity contribution in [3.8, 4) is 11.1 Å². The quantitative estimate of drug-likeness (QED) is 0.872. The smallest absolute Gasteiger partial charge is 0.251 e. The van der Waals surface area contributed by atoms with Gasteiger partial charge in [0, 0.05) is 43.3 Å². The van der Waals surface area contributed by atoms with E-state index in [1.54, 1.807) is 0 Å². The Morgan fingerprint density at radius 2 is 1.71 bits per heavy atom. The van der Waals surface area contributed by atoms with Crippen LogP contribution in [0.1, 0.15) is 42.0 Å². The minimum atomic E-state index is -0.356. The summed E-state index contributed by atoms with van der Waals surface area (Å²) in [5.41, 5.74) is 11.6. The normalized spacial score (nSPS) is 11.1. The van der Waals surface area contributed by atoms with E-state index >= 15 is 0 Å². The molecule has 2 rings (SSSR count). The van der Waals surface area contributed by atoms with Crippen molar-refractivity contribution in [1.29, 1.82) is 0 Å². The van der Waals surface area contributed by atoms with Gasteiger partial charge in [0.1, 0.15) is 0 Å².